The van der Waals surface area contributed by atoms with Crippen molar-refractivity contribution < 1.29 is 13.9 Å². The maximum atomic E-state index is 13.2. The Hall–Kier alpha value is -2.58. The van der Waals surface area contributed by atoms with E-state index in [-0.39, 0.29) is 6.61 Å². The molecule has 0 fully saturated rings. The fourth-order valence-corrected chi connectivity index (χ4v) is 3.05. The third kappa shape index (κ3) is 5.27. The van der Waals surface area contributed by atoms with Crippen LogP contribution in [0.3, 0.4) is 0 Å². The van der Waals surface area contributed by atoms with Gasteiger partial charge in [-0.1, -0.05) is 34.4 Å². The maximum absolute atomic E-state index is 13.2. The number of nitrogens with one attached hydrogen (secondary N) is 1. The number of hydrogen-bond acceptors (Lipinski definition) is 6. The van der Waals surface area contributed by atoms with Crippen LogP contribution in [-0.2, 0) is 19.7 Å². The molecule has 0 unspecified atom stereocenters. The first kappa shape index (κ1) is 21.1. The van der Waals surface area contributed by atoms with Gasteiger partial charge in [-0.25, -0.2) is 9.07 Å². The van der Waals surface area contributed by atoms with Crippen molar-refractivity contribution in [2.45, 2.75) is 33.5 Å². The topological polar surface area (TPSA) is 74.1 Å². The number of aromatic nitrogens is 4. The highest BCUT2D eigenvalue weighted by Crippen LogP contribution is 2.35. The van der Waals surface area contributed by atoms with Crippen molar-refractivity contribution >= 4 is 29.2 Å². The van der Waals surface area contributed by atoms with Gasteiger partial charge in [-0.3, -0.25) is 0 Å². The average molecular weight is 440 g/mol. The number of rotatable bonds is 9. The van der Waals surface area contributed by atoms with E-state index in [4.69, 9.17) is 32.7 Å². The molecule has 0 spiro atoms. The van der Waals surface area contributed by atoms with Crippen LogP contribution in [0.25, 0.3) is 0 Å². The molecular formula is C19H20Cl2FN5O2. The van der Waals surface area contributed by atoms with Gasteiger partial charge in [-0.15, -0.1) is 0 Å². The molecule has 0 aliphatic heterocycles. The quantitative estimate of drug-likeness (QED) is 0.519. The predicted molar refractivity (Wildman–Crippen MR) is 109 cm³/mol. The summed E-state index contributed by atoms with van der Waals surface area (Å²) in [4.78, 5) is 0. The van der Waals surface area contributed by atoms with Crippen molar-refractivity contribution in [3.05, 3.63) is 57.3 Å². The summed E-state index contributed by atoms with van der Waals surface area (Å²) in [5.74, 6) is 1.16. The molecule has 0 amide bonds. The second-order valence-electron chi connectivity index (χ2n) is 6.02. The highest BCUT2D eigenvalue weighted by Gasteiger charge is 2.13. The van der Waals surface area contributed by atoms with Gasteiger partial charge >= 0.3 is 0 Å². The van der Waals surface area contributed by atoms with Crippen molar-refractivity contribution in [3.8, 4) is 11.5 Å². The molecule has 2 aromatic carbocycles. The van der Waals surface area contributed by atoms with E-state index >= 15 is 0 Å². The van der Waals surface area contributed by atoms with Gasteiger partial charge in [0, 0.05) is 29.7 Å². The number of benzene rings is 2. The van der Waals surface area contributed by atoms with Crippen LogP contribution in [0.15, 0.2) is 30.3 Å². The molecule has 1 N–H and O–H groups in total. The second kappa shape index (κ2) is 9.76. The summed E-state index contributed by atoms with van der Waals surface area (Å²) in [7, 11) is 0. The first-order valence-electron chi connectivity index (χ1n) is 9.03. The van der Waals surface area contributed by atoms with Gasteiger partial charge in [0.05, 0.1) is 11.6 Å². The monoisotopic (exact) mass is 439 g/mol. The van der Waals surface area contributed by atoms with E-state index in [2.05, 4.69) is 20.8 Å². The summed E-state index contributed by atoms with van der Waals surface area (Å²) in [6.07, 6.45) is 0. The smallest absolute Gasteiger partial charge is 0.243 e. The van der Waals surface area contributed by atoms with Crippen LogP contribution in [-0.4, -0.2) is 26.8 Å². The zero-order valence-electron chi connectivity index (χ0n) is 16.0. The molecule has 3 aromatic rings. The van der Waals surface area contributed by atoms with E-state index in [1.54, 1.807) is 22.9 Å². The molecule has 10 heteroatoms. The SMILES string of the molecule is CCOc1cc(CNc2nnnn2CC)c(Cl)cc1OCc1ccc(F)cc1Cl. The molecule has 7 nitrogen and oxygen atoms in total. The van der Waals surface area contributed by atoms with Crippen molar-refractivity contribution in [2.24, 2.45) is 0 Å². The summed E-state index contributed by atoms with van der Waals surface area (Å²) in [6.45, 7) is 5.48. The number of halogens is 3. The molecule has 154 valence electrons. The Morgan fingerprint density at radius 1 is 1.03 bits per heavy atom. The summed E-state index contributed by atoms with van der Waals surface area (Å²) < 4.78 is 26.4. The van der Waals surface area contributed by atoms with Crippen molar-refractivity contribution in [1.82, 2.24) is 20.2 Å². The summed E-state index contributed by atoms with van der Waals surface area (Å²) >= 11 is 12.5. The molecule has 0 saturated heterocycles. The first-order chi connectivity index (χ1) is 14.0. The van der Waals surface area contributed by atoms with Crippen LogP contribution < -0.4 is 14.8 Å². The Morgan fingerprint density at radius 3 is 2.52 bits per heavy atom. The molecule has 0 radical (unpaired) electrons. The van der Waals surface area contributed by atoms with Gasteiger partial charge in [0.25, 0.3) is 0 Å². The van der Waals surface area contributed by atoms with Crippen molar-refractivity contribution in [1.29, 1.82) is 0 Å². The van der Waals surface area contributed by atoms with Crippen LogP contribution >= 0.6 is 23.2 Å². The molecule has 0 aliphatic carbocycles. The Kier molecular flexibility index (Phi) is 7.11. The van der Waals surface area contributed by atoms with E-state index < -0.39 is 5.82 Å². The lowest BCUT2D eigenvalue weighted by atomic mass is 10.2. The molecule has 0 saturated carbocycles. The average Bonchev–Trinajstić information content (AvgIpc) is 3.15. The van der Waals surface area contributed by atoms with E-state index in [0.717, 1.165) is 5.56 Å². The normalized spacial score (nSPS) is 10.8. The first-order valence-corrected chi connectivity index (χ1v) is 9.79. The summed E-state index contributed by atoms with van der Waals surface area (Å²) in [6, 6.07) is 7.65. The Bertz CT molecular complexity index is 983. The maximum Gasteiger partial charge on any atom is 0.243 e. The number of tetrazole rings is 1. The number of ether oxygens (including phenoxy) is 2. The number of aryl methyl sites for hydroxylation is 1. The van der Waals surface area contributed by atoms with Crippen molar-refractivity contribution in [2.75, 3.05) is 11.9 Å². The zero-order valence-corrected chi connectivity index (χ0v) is 17.5. The van der Waals surface area contributed by atoms with E-state index in [0.29, 0.717) is 52.8 Å². The molecule has 1 heterocycles. The van der Waals surface area contributed by atoms with Crippen LogP contribution in [0.2, 0.25) is 10.0 Å². The van der Waals surface area contributed by atoms with E-state index in [1.165, 1.54) is 12.1 Å². The van der Waals surface area contributed by atoms with Crippen LogP contribution in [0.5, 0.6) is 11.5 Å². The van der Waals surface area contributed by atoms with Gasteiger partial charge in [0.2, 0.25) is 5.95 Å². The van der Waals surface area contributed by atoms with Crippen LogP contribution in [0.4, 0.5) is 10.3 Å². The fourth-order valence-electron chi connectivity index (χ4n) is 2.61. The van der Waals surface area contributed by atoms with Crippen molar-refractivity contribution in [3.63, 3.8) is 0 Å². The Labute approximate surface area is 177 Å². The van der Waals surface area contributed by atoms with Gasteiger partial charge in [0.15, 0.2) is 11.5 Å². The van der Waals surface area contributed by atoms with E-state index in [1.807, 2.05) is 13.8 Å². The summed E-state index contributed by atoms with van der Waals surface area (Å²) in [5.41, 5.74) is 1.46. The Morgan fingerprint density at radius 2 is 1.79 bits per heavy atom. The molecule has 1 aromatic heterocycles. The predicted octanol–water partition coefficient (Wildman–Crippen LogP) is 4.73. The van der Waals surface area contributed by atoms with E-state index in [9.17, 15) is 4.39 Å². The minimum Gasteiger partial charge on any atom is -0.490 e. The number of anilines is 1. The largest absolute Gasteiger partial charge is 0.490 e. The summed E-state index contributed by atoms with van der Waals surface area (Å²) in [5, 5.41) is 15.4. The minimum atomic E-state index is -0.400. The molecule has 3 rings (SSSR count). The standard InChI is InChI=1S/C19H20Cl2FN5O2/c1-3-27-19(24-25-26-27)23-10-13-7-17(28-4-2)18(9-16(13)21)29-11-12-5-6-14(22)8-15(12)20/h5-9H,3-4,10-11H2,1-2H3,(H,23,24,26). The highest BCUT2D eigenvalue weighted by molar-refractivity contribution is 6.31. The molecule has 0 bridgehead atoms. The second-order valence-corrected chi connectivity index (χ2v) is 6.83. The minimum absolute atomic E-state index is 0.151. The van der Waals surface area contributed by atoms with Gasteiger partial charge in [-0.2, -0.15) is 0 Å². The third-order valence-electron chi connectivity index (χ3n) is 4.08. The Balaban J connectivity index is 1.76. The number of hydrogen-bond donors (Lipinski definition) is 1. The molecule has 29 heavy (non-hydrogen) atoms. The lowest BCUT2D eigenvalue weighted by Gasteiger charge is -2.16. The van der Waals surface area contributed by atoms with Crippen LogP contribution in [0, 0.1) is 5.82 Å². The van der Waals surface area contributed by atoms with Gasteiger partial charge < -0.3 is 14.8 Å². The lowest BCUT2D eigenvalue weighted by molar-refractivity contribution is 0.269. The fraction of sp³-hybridized carbons (Fsp3) is 0.316. The van der Waals surface area contributed by atoms with Gasteiger partial charge in [0.1, 0.15) is 12.4 Å². The van der Waals surface area contributed by atoms with Gasteiger partial charge in [-0.05, 0) is 48.0 Å². The van der Waals surface area contributed by atoms with Crippen LogP contribution in [0.1, 0.15) is 25.0 Å². The zero-order chi connectivity index (χ0) is 20.8. The number of nitrogens with zero attached hydrogens (tertiary/aromatic N) is 4. The molecule has 0 aliphatic rings. The molecule has 0 atom stereocenters. The molecular weight excluding hydrogens is 420 g/mol. The lowest BCUT2D eigenvalue weighted by Crippen LogP contribution is -2.09. The highest BCUT2D eigenvalue weighted by atomic mass is 35.5. The third-order valence-corrected chi connectivity index (χ3v) is 4.78.